The van der Waals surface area contributed by atoms with Gasteiger partial charge >= 0.3 is 5.97 Å². The van der Waals surface area contributed by atoms with Crippen molar-refractivity contribution in [2.24, 2.45) is 5.41 Å². The average Bonchev–Trinajstić information content (AvgIpc) is 3.18. The zero-order chi connectivity index (χ0) is 25.3. The molecule has 0 unspecified atom stereocenters. The minimum absolute atomic E-state index is 0.0907. The number of cyclic esters (lactones) is 1. The Hall–Kier alpha value is -2.13. The van der Waals surface area contributed by atoms with Crippen LogP contribution in [0, 0.1) is 12.3 Å². The Bertz CT molecular complexity index is 1170. The van der Waals surface area contributed by atoms with Gasteiger partial charge in [-0.2, -0.15) is 4.31 Å². The molecular formula is C27H34ClN3O4S. The van der Waals surface area contributed by atoms with Gasteiger partial charge in [-0.15, -0.1) is 0 Å². The highest BCUT2D eigenvalue weighted by atomic mass is 35.5. The number of anilines is 1. The number of esters is 1. The van der Waals surface area contributed by atoms with E-state index in [2.05, 4.69) is 41.0 Å². The molecule has 0 bridgehead atoms. The van der Waals surface area contributed by atoms with Gasteiger partial charge in [-0.3, -0.25) is 9.69 Å². The van der Waals surface area contributed by atoms with E-state index in [0.717, 1.165) is 39.1 Å². The molecule has 3 aliphatic heterocycles. The van der Waals surface area contributed by atoms with Crippen LogP contribution in [0.25, 0.3) is 0 Å². The summed E-state index contributed by atoms with van der Waals surface area (Å²) in [6, 6.07) is 14.9. The number of piperidine rings is 1. The molecule has 3 fully saturated rings. The van der Waals surface area contributed by atoms with Crippen molar-refractivity contribution in [3.63, 3.8) is 0 Å². The van der Waals surface area contributed by atoms with Crippen LogP contribution in [-0.4, -0.2) is 75.5 Å². The lowest BCUT2D eigenvalue weighted by Crippen LogP contribution is -2.47. The lowest BCUT2D eigenvalue weighted by atomic mass is 9.76. The Morgan fingerprint density at radius 2 is 1.58 bits per heavy atom. The van der Waals surface area contributed by atoms with E-state index in [4.69, 9.17) is 16.3 Å². The number of hydrogen-bond acceptors (Lipinski definition) is 6. The molecule has 1 spiro atoms. The predicted octanol–water partition coefficient (Wildman–Crippen LogP) is 3.95. The van der Waals surface area contributed by atoms with E-state index in [-0.39, 0.29) is 17.0 Å². The molecule has 36 heavy (non-hydrogen) atoms. The minimum Gasteiger partial charge on any atom is -0.462 e. The van der Waals surface area contributed by atoms with Crippen LogP contribution in [-0.2, 0) is 19.6 Å². The molecule has 0 N–H and O–H groups in total. The molecule has 5 rings (SSSR count). The standard InChI is InChI=1S/C27H34ClN3O4S/c1-21-2-6-23(7-3-21)30-18-16-29(17-19-30)13-10-24-20-27(26(32)35-24)11-14-31(15-12-27)36(33,34)25-8-4-22(28)5-9-25/h2-9,24H,10-20H2,1H3/t24-/m1/s1. The maximum absolute atomic E-state index is 13.0. The highest BCUT2D eigenvalue weighted by Crippen LogP contribution is 2.44. The molecule has 9 heteroatoms. The smallest absolute Gasteiger partial charge is 0.312 e. The van der Waals surface area contributed by atoms with Gasteiger partial charge in [-0.05, 0) is 62.6 Å². The number of ether oxygens (including phenoxy) is 1. The van der Waals surface area contributed by atoms with Crippen LogP contribution in [0.4, 0.5) is 5.69 Å². The number of halogens is 1. The number of benzene rings is 2. The van der Waals surface area contributed by atoms with Gasteiger partial charge in [-0.1, -0.05) is 29.3 Å². The summed E-state index contributed by atoms with van der Waals surface area (Å²) < 4.78 is 33.3. The Labute approximate surface area is 219 Å². The van der Waals surface area contributed by atoms with Crippen LogP contribution >= 0.6 is 11.6 Å². The van der Waals surface area contributed by atoms with Crippen molar-refractivity contribution in [2.45, 2.75) is 43.6 Å². The third kappa shape index (κ3) is 5.28. The second kappa shape index (κ2) is 10.3. The first-order chi connectivity index (χ1) is 17.2. The van der Waals surface area contributed by atoms with Crippen molar-refractivity contribution in [3.8, 4) is 0 Å². The van der Waals surface area contributed by atoms with E-state index in [1.54, 1.807) is 12.1 Å². The molecule has 194 valence electrons. The van der Waals surface area contributed by atoms with Crippen molar-refractivity contribution in [3.05, 3.63) is 59.1 Å². The second-order valence-corrected chi connectivity index (χ2v) is 12.7. The lowest BCUT2D eigenvalue weighted by Gasteiger charge is -2.36. The SMILES string of the molecule is Cc1ccc(N2CCN(CC[C@@H]3CC4(CCN(S(=O)(=O)c5ccc(Cl)cc5)CC4)C(=O)O3)CC2)cc1. The Morgan fingerprint density at radius 3 is 2.22 bits per heavy atom. The molecule has 2 aromatic rings. The van der Waals surface area contributed by atoms with E-state index in [1.165, 1.54) is 27.7 Å². The number of aryl methyl sites for hydroxylation is 1. The molecular weight excluding hydrogens is 498 g/mol. The zero-order valence-corrected chi connectivity index (χ0v) is 22.3. The van der Waals surface area contributed by atoms with E-state index in [9.17, 15) is 13.2 Å². The molecule has 2 aromatic carbocycles. The van der Waals surface area contributed by atoms with Crippen LogP contribution in [0.1, 0.15) is 31.2 Å². The first-order valence-electron chi connectivity index (χ1n) is 12.8. The number of sulfonamides is 1. The summed E-state index contributed by atoms with van der Waals surface area (Å²) in [5.74, 6) is -0.153. The van der Waals surface area contributed by atoms with Gasteiger partial charge in [0.15, 0.2) is 0 Å². The third-order valence-electron chi connectivity index (χ3n) is 7.99. The number of piperazine rings is 1. The molecule has 3 saturated heterocycles. The first kappa shape index (κ1) is 25.5. The summed E-state index contributed by atoms with van der Waals surface area (Å²) in [5.41, 5.74) is 1.99. The monoisotopic (exact) mass is 531 g/mol. The number of rotatable bonds is 6. The van der Waals surface area contributed by atoms with Crippen LogP contribution in [0.15, 0.2) is 53.4 Å². The van der Waals surface area contributed by atoms with Crippen LogP contribution in [0.5, 0.6) is 0 Å². The quantitative estimate of drug-likeness (QED) is 0.526. The van der Waals surface area contributed by atoms with Crippen LogP contribution in [0.2, 0.25) is 5.02 Å². The fraction of sp³-hybridized carbons (Fsp3) is 0.519. The molecule has 7 nitrogen and oxygen atoms in total. The van der Waals surface area contributed by atoms with Gasteiger partial charge in [0.1, 0.15) is 6.10 Å². The Morgan fingerprint density at radius 1 is 0.944 bits per heavy atom. The third-order valence-corrected chi connectivity index (χ3v) is 10.2. The van der Waals surface area contributed by atoms with E-state index >= 15 is 0 Å². The van der Waals surface area contributed by atoms with E-state index in [1.807, 2.05) is 0 Å². The van der Waals surface area contributed by atoms with Crippen molar-refractivity contribution >= 4 is 33.3 Å². The second-order valence-electron chi connectivity index (χ2n) is 10.3. The fourth-order valence-corrected chi connectivity index (χ4v) is 7.20. The zero-order valence-electron chi connectivity index (χ0n) is 20.7. The highest BCUT2D eigenvalue weighted by Gasteiger charge is 2.51. The maximum atomic E-state index is 13.0. The number of carbonyl (C=O) groups is 1. The summed E-state index contributed by atoms with van der Waals surface area (Å²) in [4.78, 5) is 18.0. The summed E-state index contributed by atoms with van der Waals surface area (Å²) in [7, 11) is -3.60. The fourth-order valence-electron chi connectivity index (χ4n) is 5.63. The summed E-state index contributed by atoms with van der Waals surface area (Å²) in [6.07, 6.45) is 2.43. The molecule has 1 atom stereocenters. The number of carbonyl (C=O) groups excluding carboxylic acids is 1. The van der Waals surface area contributed by atoms with Crippen molar-refractivity contribution in [1.82, 2.24) is 9.21 Å². The molecule has 0 saturated carbocycles. The summed E-state index contributed by atoms with van der Waals surface area (Å²) >= 11 is 5.91. The lowest BCUT2D eigenvalue weighted by molar-refractivity contribution is -0.150. The van der Waals surface area contributed by atoms with Crippen LogP contribution < -0.4 is 4.90 Å². The van der Waals surface area contributed by atoms with Crippen molar-refractivity contribution in [1.29, 1.82) is 0 Å². The predicted molar refractivity (Wildman–Crippen MR) is 141 cm³/mol. The Balaban J connectivity index is 1.10. The molecule has 3 aliphatic rings. The van der Waals surface area contributed by atoms with Gasteiger partial charge in [0.25, 0.3) is 0 Å². The number of hydrogen-bond donors (Lipinski definition) is 0. The molecule has 0 aromatic heterocycles. The highest BCUT2D eigenvalue weighted by molar-refractivity contribution is 7.89. The van der Waals surface area contributed by atoms with Gasteiger partial charge < -0.3 is 9.64 Å². The molecule has 0 aliphatic carbocycles. The number of nitrogens with zero attached hydrogens (tertiary/aromatic N) is 3. The maximum Gasteiger partial charge on any atom is 0.312 e. The normalized spacial score (nSPS) is 23.2. The van der Waals surface area contributed by atoms with Crippen LogP contribution in [0.3, 0.4) is 0 Å². The van der Waals surface area contributed by atoms with E-state index < -0.39 is 15.4 Å². The molecule has 0 amide bonds. The summed E-state index contributed by atoms with van der Waals surface area (Å²) in [5, 5.41) is 0.499. The van der Waals surface area contributed by atoms with E-state index in [0.29, 0.717) is 37.4 Å². The first-order valence-corrected chi connectivity index (χ1v) is 14.6. The topological polar surface area (TPSA) is 70.2 Å². The van der Waals surface area contributed by atoms with Crippen molar-refractivity contribution < 1.29 is 17.9 Å². The minimum atomic E-state index is -3.60. The van der Waals surface area contributed by atoms with Gasteiger partial charge in [0.05, 0.1) is 10.3 Å². The van der Waals surface area contributed by atoms with Gasteiger partial charge in [0.2, 0.25) is 10.0 Å². The average molecular weight is 532 g/mol. The molecule has 0 radical (unpaired) electrons. The largest absolute Gasteiger partial charge is 0.462 e. The van der Waals surface area contributed by atoms with Crippen molar-refractivity contribution in [2.75, 3.05) is 50.7 Å². The molecule has 3 heterocycles. The Kier molecular flexibility index (Phi) is 7.32. The van der Waals surface area contributed by atoms with Gasteiger partial charge in [0, 0.05) is 62.9 Å². The van der Waals surface area contributed by atoms with Gasteiger partial charge in [-0.25, -0.2) is 8.42 Å². The summed E-state index contributed by atoms with van der Waals surface area (Å²) in [6.45, 7) is 7.65.